The van der Waals surface area contributed by atoms with Crippen molar-refractivity contribution in [1.29, 1.82) is 0 Å². The Morgan fingerprint density at radius 3 is 1.69 bits per heavy atom. The fourth-order valence-corrected chi connectivity index (χ4v) is 2.32. The van der Waals surface area contributed by atoms with Gasteiger partial charge in [-0.25, -0.2) is 10.9 Å². The van der Waals surface area contributed by atoms with Crippen LogP contribution in [0, 0.1) is 11.8 Å². The summed E-state index contributed by atoms with van der Waals surface area (Å²) in [6, 6.07) is 0. The Morgan fingerprint density at radius 2 is 1.44 bits per heavy atom. The molecule has 0 aliphatic carbocycles. The Balaban J connectivity index is 2.26. The number of nitrogens with zero attached hydrogens (tertiary/aromatic N) is 2. The smallest absolute Gasteiger partial charge is 0.253 e. The van der Waals surface area contributed by atoms with Gasteiger partial charge in [0.05, 0.1) is 11.4 Å². The van der Waals surface area contributed by atoms with E-state index in [0.717, 1.165) is 0 Å². The van der Waals surface area contributed by atoms with Crippen molar-refractivity contribution >= 4 is 40.3 Å². The molecule has 2 atom stereocenters. The van der Waals surface area contributed by atoms with Crippen LogP contribution in [0.25, 0.3) is 0 Å². The molecule has 0 aromatic rings. The molecule has 2 heterocycles. The molecule has 2 rings (SSSR count). The first-order valence-corrected chi connectivity index (χ1v) is 5.15. The number of amides is 2. The summed E-state index contributed by atoms with van der Waals surface area (Å²) in [7, 11) is 0. The first kappa shape index (κ1) is 10.9. The van der Waals surface area contributed by atoms with E-state index in [-0.39, 0.29) is 11.8 Å². The van der Waals surface area contributed by atoms with Crippen molar-refractivity contribution < 1.29 is 9.59 Å². The predicted octanol–water partition coefficient (Wildman–Crippen LogP) is -0.400. The molecule has 0 saturated carbocycles. The van der Waals surface area contributed by atoms with E-state index in [9.17, 15) is 9.59 Å². The molecule has 16 heavy (non-hydrogen) atoms. The zero-order valence-electron chi connectivity index (χ0n) is 8.77. The van der Waals surface area contributed by atoms with E-state index >= 15 is 0 Å². The van der Waals surface area contributed by atoms with Gasteiger partial charge in [0.2, 0.25) is 0 Å². The number of hydrogen-bond acceptors (Lipinski definition) is 5. The van der Waals surface area contributed by atoms with Crippen LogP contribution in [0.2, 0.25) is 0 Å². The molecule has 0 aromatic heterocycles. The van der Waals surface area contributed by atoms with Crippen LogP contribution in [-0.2, 0) is 9.59 Å². The average molecular weight is 238 g/mol. The third-order valence-electron chi connectivity index (χ3n) is 2.61. The molecular formula is C9H10N4O2S. The van der Waals surface area contributed by atoms with Gasteiger partial charge in [-0.15, -0.1) is 0 Å². The molecule has 84 valence electrons. The minimum atomic E-state index is -0.603. The van der Waals surface area contributed by atoms with Crippen LogP contribution < -0.4 is 10.9 Å². The van der Waals surface area contributed by atoms with Crippen molar-refractivity contribution in [2.24, 2.45) is 22.0 Å². The minimum absolute atomic E-state index is 0.282. The van der Waals surface area contributed by atoms with E-state index < -0.39 is 11.8 Å². The fraction of sp³-hybridized carbons (Fsp3) is 0.444. The van der Waals surface area contributed by atoms with E-state index in [1.807, 2.05) is 0 Å². The standard InChI is InChI=1S/C9H10N4O2S/c1-3-5(8(14)12-10-3)7(16)6-4(2)11-13-9(6)15/h5-6H,1-2H3,(H,12,14)(H,13,15). The highest BCUT2D eigenvalue weighted by Crippen LogP contribution is 2.19. The van der Waals surface area contributed by atoms with Gasteiger partial charge in [-0.3, -0.25) is 9.59 Å². The number of rotatable bonds is 2. The minimum Gasteiger partial charge on any atom is -0.272 e. The van der Waals surface area contributed by atoms with Gasteiger partial charge >= 0.3 is 0 Å². The lowest BCUT2D eigenvalue weighted by Crippen LogP contribution is -2.39. The molecule has 0 bridgehead atoms. The van der Waals surface area contributed by atoms with Crippen LogP contribution in [0.5, 0.6) is 0 Å². The number of carbonyl (C=O) groups excluding carboxylic acids is 2. The Morgan fingerprint density at radius 1 is 1.06 bits per heavy atom. The number of hydrogen-bond donors (Lipinski definition) is 2. The summed E-state index contributed by atoms with van der Waals surface area (Å²) in [5, 5.41) is 7.60. The maximum absolute atomic E-state index is 11.5. The Labute approximate surface area is 97.2 Å². The molecule has 0 saturated heterocycles. The first-order valence-electron chi connectivity index (χ1n) is 4.74. The second-order valence-electron chi connectivity index (χ2n) is 3.73. The Hall–Kier alpha value is -1.63. The number of hydrazone groups is 2. The quantitative estimate of drug-likeness (QED) is 0.642. The van der Waals surface area contributed by atoms with E-state index in [4.69, 9.17) is 12.2 Å². The number of carbonyl (C=O) groups is 2. The van der Waals surface area contributed by atoms with E-state index in [0.29, 0.717) is 16.3 Å². The zero-order valence-corrected chi connectivity index (χ0v) is 9.59. The molecule has 7 heteroatoms. The highest BCUT2D eigenvalue weighted by Gasteiger charge is 2.40. The zero-order chi connectivity index (χ0) is 11.9. The molecule has 2 aliphatic rings. The van der Waals surface area contributed by atoms with Crippen molar-refractivity contribution in [2.75, 3.05) is 0 Å². The van der Waals surface area contributed by atoms with Crippen molar-refractivity contribution in [3.05, 3.63) is 0 Å². The van der Waals surface area contributed by atoms with Gasteiger partial charge in [-0.2, -0.15) is 10.2 Å². The lowest BCUT2D eigenvalue weighted by atomic mass is 9.88. The topological polar surface area (TPSA) is 82.9 Å². The van der Waals surface area contributed by atoms with Crippen molar-refractivity contribution in [3.8, 4) is 0 Å². The molecule has 2 aliphatic heterocycles. The summed E-state index contributed by atoms with van der Waals surface area (Å²) in [6.45, 7) is 3.41. The molecule has 0 fully saturated rings. The molecular weight excluding hydrogens is 228 g/mol. The number of nitrogens with one attached hydrogen (secondary N) is 2. The van der Waals surface area contributed by atoms with Crippen molar-refractivity contribution in [2.45, 2.75) is 13.8 Å². The molecule has 6 nitrogen and oxygen atoms in total. The van der Waals surface area contributed by atoms with Gasteiger partial charge in [0, 0.05) is 4.86 Å². The van der Waals surface area contributed by atoms with Gasteiger partial charge in [0.25, 0.3) is 11.8 Å². The third kappa shape index (κ3) is 1.53. The maximum atomic E-state index is 11.5. The predicted molar refractivity (Wildman–Crippen MR) is 62.1 cm³/mol. The lowest BCUT2D eigenvalue weighted by molar-refractivity contribution is -0.120. The summed E-state index contributed by atoms with van der Waals surface area (Å²) in [4.78, 5) is 23.4. The van der Waals surface area contributed by atoms with Gasteiger partial charge in [0.1, 0.15) is 11.8 Å². The van der Waals surface area contributed by atoms with Gasteiger partial charge < -0.3 is 0 Å². The normalized spacial score (nSPS) is 28.4. The van der Waals surface area contributed by atoms with Gasteiger partial charge in [0.15, 0.2) is 0 Å². The lowest BCUT2D eigenvalue weighted by Gasteiger charge is -2.14. The SMILES string of the molecule is CC1=NNC(=O)C1C(=S)C1C(=O)NN=C1C. The Bertz CT molecular complexity index is 414. The first-order chi connectivity index (χ1) is 7.52. The monoisotopic (exact) mass is 238 g/mol. The van der Waals surface area contributed by atoms with Crippen LogP contribution in [0.1, 0.15) is 13.8 Å². The summed E-state index contributed by atoms with van der Waals surface area (Å²) in [5.41, 5.74) is 5.86. The summed E-state index contributed by atoms with van der Waals surface area (Å²) < 4.78 is 0. The van der Waals surface area contributed by atoms with Gasteiger partial charge in [-0.05, 0) is 13.8 Å². The highest BCUT2D eigenvalue weighted by molar-refractivity contribution is 7.80. The van der Waals surface area contributed by atoms with Crippen LogP contribution >= 0.6 is 12.2 Å². The second-order valence-corrected chi connectivity index (χ2v) is 4.20. The molecule has 2 unspecified atom stereocenters. The highest BCUT2D eigenvalue weighted by atomic mass is 32.1. The summed E-state index contributed by atoms with van der Waals surface area (Å²) >= 11 is 5.20. The van der Waals surface area contributed by atoms with E-state index in [2.05, 4.69) is 21.1 Å². The van der Waals surface area contributed by atoms with Crippen molar-refractivity contribution in [1.82, 2.24) is 10.9 Å². The molecule has 0 spiro atoms. The van der Waals surface area contributed by atoms with Crippen molar-refractivity contribution in [3.63, 3.8) is 0 Å². The summed E-state index contributed by atoms with van der Waals surface area (Å²) in [5.74, 6) is -1.77. The van der Waals surface area contributed by atoms with Crippen LogP contribution in [-0.4, -0.2) is 28.1 Å². The van der Waals surface area contributed by atoms with Gasteiger partial charge in [-0.1, -0.05) is 12.2 Å². The maximum Gasteiger partial charge on any atom is 0.253 e. The molecule has 2 N–H and O–H groups in total. The fourth-order valence-electron chi connectivity index (χ4n) is 1.76. The van der Waals surface area contributed by atoms with Crippen LogP contribution in [0.3, 0.4) is 0 Å². The van der Waals surface area contributed by atoms with Crippen LogP contribution in [0.4, 0.5) is 0 Å². The van der Waals surface area contributed by atoms with Crippen LogP contribution in [0.15, 0.2) is 10.2 Å². The van der Waals surface area contributed by atoms with E-state index in [1.165, 1.54) is 0 Å². The Kier molecular flexibility index (Phi) is 2.55. The molecule has 2 amide bonds. The largest absolute Gasteiger partial charge is 0.272 e. The van der Waals surface area contributed by atoms with E-state index in [1.54, 1.807) is 13.8 Å². The molecule has 0 aromatic carbocycles. The number of thiocarbonyl (C=S) groups is 1. The average Bonchev–Trinajstić information content (AvgIpc) is 2.71. The summed E-state index contributed by atoms with van der Waals surface area (Å²) in [6.07, 6.45) is 0. The second kappa shape index (κ2) is 3.75. The molecule has 0 radical (unpaired) electrons. The third-order valence-corrected chi connectivity index (χ3v) is 3.09.